The van der Waals surface area contributed by atoms with Crippen LogP contribution in [-0.4, -0.2) is 47.8 Å². The van der Waals surface area contributed by atoms with Gasteiger partial charge in [-0.1, -0.05) is 12.1 Å². The quantitative estimate of drug-likeness (QED) is 0.859. The number of oxazole rings is 1. The molecule has 1 aliphatic rings. The summed E-state index contributed by atoms with van der Waals surface area (Å²) in [5.74, 6) is 0. The first-order chi connectivity index (χ1) is 11.3. The van der Waals surface area contributed by atoms with Crippen LogP contribution in [0.25, 0.3) is 11.1 Å². The third kappa shape index (κ3) is 3.63. The molecule has 0 bridgehead atoms. The molecular weight excluding hydrogens is 306 g/mol. The zero-order chi connectivity index (χ0) is 17.3. The number of hydrogen-bond donors (Lipinski definition) is 0. The Morgan fingerprint density at radius 1 is 1.42 bits per heavy atom. The molecule has 1 aromatic heterocycles. The maximum atomic E-state index is 12.4. The van der Waals surface area contributed by atoms with Gasteiger partial charge in [-0.15, -0.1) is 0 Å². The molecule has 0 saturated carbocycles. The van der Waals surface area contributed by atoms with Gasteiger partial charge < -0.3 is 19.0 Å². The zero-order valence-electron chi connectivity index (χ0n) is 14.8. The number of ether oxygens (including phenoxy) is 1. The minimum Gasteiger partial charge on any atom is -0.444 e. The molecule has 3 rings (SSSR count). The van der Waals surface area contributed by atoms with Crippen LogP contribution in [0.4, 0.5) is 10.8 Å². The Labute approximate surface area is 142 Å². The Kier molecular flexibility index (Phi) is 4.39. The molecule has 1 aliphatic heterocycles. The third-order valence-corrected chi connectivity index (χ3v) is 4.10. The minimum atomic E-state index is -0.476. The Bertz CT molecular complexity index is 687. The van der Waals surface area contributed by atoms with Crippen molar-refractivity contribution in [3.8, 4) is 0 Å². The van der Waals surface area contributed by atoms with E-state index in [1.165, 1.54) is 0 Å². The van der Waals surface area contributed by atoms with Gasteiger partial charge in [-0.25, -0.2) is 4.79 Å². The lowest BCUT2D eigenvalue weighted by Gasteiger charge is -2.30. The molecule has 0 aliphatic carbocycles. The fraction of sp³-hybridized carbons (Fsp3) is 0.556. The molecule has 0 spiro atoms. The second-order valence-corrected chi connectivity index (χ2v) is 7.31. The smallest absolute Gasteiger partial charge is 0.410 e. The van der Waals surface area contributed by atoms with Gasteiger partial charge in [-0.05, 0) is 45.7 Å². The number of likely N-dealkylation sites (tertiary alicyclic amines) is 1. The van der Waals surface area contributed by atoms with Crippen molar-refractivity contribution in [2.75, 3.05) is 25.0 Å². The molecule has 6 nitrogen and oxygen atoms in total. The van der Waals surface area contributed by atoms with E-state index in [9.17, 15) is 4.79 Å². The van der Waals surface area contributed by atoms with Crippen molar-refractivity contribution in [2.24, 2.45) is 0 Å². The number of hydrogen-bond acceptors (Lipinski definition) is 5. The van der Waals surface area contributed by atoms with E-state index in [4.69, 9.17) is 9.15 Å². The van der Waals surface area contributed by atoms with Crippen molar-refractivity contribution >= 4 is 23.2 Å². The van der Waals surface area contributed by atoms with Crippen LogP contribution in [0.1, 0.15) is 33.6 Å². The summed E-state index contributed by atoms with van der Waals surface area (Å²) in [6.07, 6.45) is 1.71. The van der Waals surface area contributed by atoms with Gasteiger partial charge in [0.25, 0.3) is 6.01 Å². The summed E-state index contributed by atoms with van der Waals surface area (Å²) in [6.45, 7) is 7.08. The fourth-order valence-electron chi connectivity index (χ4n) is 3.00. The van der Waals surface area contributed by atoms with Crippen molar-refractivity contribution in [2.45, 2.75) is 45.3 Å². The van der Waals surface area contributed by atoms with Crippen molar-refractivity contribution in [1.82, 2.24) is 9.88 Å². The molecule has 1 saturated heterocycles. The third-order valence-electron chi connectivity index (χ3n) is 4.10. The van der Waals surface area contributed by atoms with E-state index in [2.05, 4.69) is 4.98 Å². The van der Waals surface area contributed by atoms with Gasteiger partial charge in [0.2, 0.25) is 0 Å². The zero-order valence-corrected chi connectivity index (χ0v) is 14.8. The van der Waals surface area contributed by atoms with E-state index >= 15 is 0 Å². The number of aromatic nitrogens is 1. The molecule has 1 aromatic carbocycles. The molecule has 0 radical (unpaired) electrons. The predicted octanol–water partition coefficient (Wildman–Crippen LogP) is 3.66. The summed E-state index contributed by atoms with van der Waals surface area (Å²) in [4.78, 5) is 20.7. The lowest BCUT2D eigenvalue weighted by molar-refractivity contribution is 0.0231. The minimum absolute atomic E-state index is 0.111. The number of rotatable bonds is 3. The van der Waals surface area contributed by atoms with E-state index in [1.54, 1.807) is 0 Å². The second kappa shape index (κ2) is 6.34. The van der Waals surface area contributed by atoms with E-state index in [1.807, 2.05) is 61.9 Å². The molecule has 6 heteroatoms. The van der Waals surface area contributed by atoms with E-state index in [0.29, 0.717) is 12.6 Å². The van der Waals surface area contributed by atoms with Gasteiger partial charge in [0.1, 0.15) is 11.1 Å². The van der Waals surface area contributed by atoms with Crippen molar-refractivity contribution in [3.05, 3.63) is 24.3 Å². The number of likely N-dealkylation sites (N-methyl/N-ethyl adjacent to an activating group) is 1. The number of anilines is 1. The van der Waals surface area contributed by atoms with Gasteiger partial charge >= 0.3 is 6.09 Å². The van der Waals surface area contributed by atoms with Crippen molar-refractivity contribution in [3.63, 3.8) is 0 Å². The predicted molar refractivity (Wildman–Crippen MR) is 93.2 cm³/mol. The van der Waals surface area contributed by atoms with Crippen molar-refractivity contribution in [1.29, 1.82) is 0 Å². The SMILES string of the molecule is CN(CC1CCCN1C(=O)OC(C)(C)C)c1nc2ccccc2o1. The summed E-state index contributed by atoms with van der Waals surface area (Å²) in [7, 11) is 1.94. The fourth-order valence-corrected chi connectivity index (χ4v) is 3.00. The number of benzene rings is 1. The summed E-state index contributed by atoms with van der Waals surface area (Å²) < 4.78 is 11.3. The monoisotopic (exact) mass is 331 g/mol. The average Bonchev–Trinajstić information content (AvgIpc) is 3.11. The highest BCUT2D eigenvalue weighted by Crippen LogP contribution is 2.25. The Morgan fingerprint density at radius 3 is 2.88 bits per heavy atom. The molecule has 2 heterocycles. The summed E-state index contributed by atoms with van der Waals surface area (Å²) in [5, 5.41) is 0. The molecule has 1 amide bonds. The lowest BCUT2D eigenvalue weighted by atomic mass is 10.2. The van der Waals surface area contributed by atoms with Crippen LogP contribution in [0, 0.1) is 0 Å². The first-order valence-corrected chi connectivity index (χ1v) is 8.40. The topological polar surface area (TPSA) is 58.8 Å². The number of carbonyl (C=O) groups is 1. The molecular formula is C18H25N3O3. The Hall–Kier alpha value is -2.24. The summed E-state index contributed by atoms with van der Waals surface area (Å²) in [6, 6.07) is 8.39. The van der Waals surface area contributed by atoms with Gasteiger partial charge in [-0.3, -0.25) is 0 Å². The van der Waals surface area contributed by atoms with Crippen LogP contribution >= 0.6 is 0 Å². The van der Waals surface area contributed by atoms with Crippen LogP contribution < -0.4 is 4.90 Å². The maximum Gasteiger partial charge on any atom is 0.410 e. The Balaban J connectivity index is 1.68. The molecule has 1 fully saturated rings. The molecule has 2 aromatic rings. The molecule has 130 valence electrons. The van der Waals surface area contributed by atoms with Gasteiger partial charge in [0.05, 0.1) is 6.04 Å². The standard InChI is InChI=1S/C18H25N3O3/c1-18(2,3)24-17(22)21-11-7-8-13(21)12-20(4)16-19-14-9-5-6-10-15(14)23-16/h5-6,9-10,13H,7-8,11-12H2,1-4H3. The lowest BCUT2D eigenvalue weighted by Crippen LogP contribution is -2.44. The van der Waals surface area contributed by atoms with Crippen LogP contribution in [0.2, 0.25) is 0 Å². The molecule has 0 N–H and O–H groups in total. The highest BCUT2D eigenvalue weighted by molar-refractivity contribution is 5.74. The van der Waals surface area contributed by atoms with Crippen LogP contribution in [0.3, 0.4) is 0 Å². The number of amides is 1. The summed E-state index contributed by atoms with van der Waals surface area (Å²) >= 11 is 0. The highest BCUT2D eigenvalue weighted by atomic mass is 16.6. The number of fused-ring (bicyclic) bond motifs is 1. The largest absolute Gasteiger partial charge is 0.444 e. The summed E-state index contributed by atoms with van der Waals surface area (Å²) in [5.41, 5.74) is 1.14. The molecule has 24 heavy (non-hydrogen) atoms. The van der Waals surface area contributed by atoms with Crippen LogP contribution in [-0.2, 0) is 4.74 Å². The number of para-hydroxylation sites is 2. The van der Waals surface area contributed by atoms with E-state index < -0.39 is 5.60 Å². The normalized spacial score (nSPS) is 18.2. The first kappa shape index (κ1) is 16.6. The number of carbonyl (C=O) groups excluding carboxylic acids is 1. The molecule has 1 atom stereocenters. The molecule has 1 unspecified atom stereocenters. The number of nitrogens with zero attached hydrogens (tertiary/aromatic N) is 3. The van der Waals surface area contributed by atoms with Crippen molar-refractivity contribution < 1.29 is 13.9 Å². The van der Waals surface area contributed by atoms with Gasteiger partial charge in [0.15, 0.2) is 5.58 Å². The van der Waals surface area contributed by atoms with Gasteiger partial charge in [0, 0.05) is 20.1 Å². The van der Waals surface area contributed by atoms with E-state index in [-0.39, 0.29) is 12.1 Å². The second-order valence-electron chi connectivity index (χ2n) is 7.31. The highest BCUT2D eigenvalue weighted by Gasteiger charge is 2.33. The Morgan fingerprint density at radius 2 is 2.17 bits per heavy atom. The van der Waals surface area contributed by atoms with E-state index in [0.717, 1.165) is 30.5 Å². The maximum absolute atomic E-state index is 12.4. The van der Waals surface area contributed by atoms with Crippen LogP contribution in [0.5, 0.6) is 0 Å². The average molecular weight is 331 g/mol. The first-order valence-electron chi connectivity index (χ1n) is 8.40. The van der Waals surface area contributed by atoms with Gasteiger partial charge in [-0.2, -0.15) is 4.98 Å². The van der Waals surface area contributed by atoms with Crippen LogP contribution in [0.15, 0.2) is 28.7 Å².